The number of aromatic nitrogens is 2. The van der Waals surface area contributed by atoms with E-state index in [1.54, 1.807) is 25.3 Å². The lowest BCUT2D eigenvalue weighted by Gasteiger charge is -2.10. The van der Waals surface area contributed by atoms with Crippen LogP contribution in [0.2, 0.25) is 0 Å². The number of hydrogen-bond acceptors (Lipinski definition) is 3. The molecular weight excluding hydrogens is 335 g/mol. The van der Waals surface area contributed by atoms with Crippen LogP contribution in [0.25, 0.3) is 5.82 Å². The van der Waals surface area contributed by atoms with Gasteiger partial charge >= 0.3 is 0 Å². The molecule has 0 aliphatic carbocycles. The van der Waals surface area contributed by atoms with Gasteiger partial charge in [0.2, 0.25) is 0 Å². The maximum Gasteiger partial charge on any atom is 0.272 e. The Morgan fingerprint density at radius 1 is 0.962 bits per heavy atom. The van der Waals surface area contributed by atoms with Gasteiger partial charge in [-0.2, -0.15) is 0 Å². The molecule has 0 saturated heterocycles. The van der Waals surface area contributed by atoms with Crippen molar-refractivity contribution in [3.05, 3.63) is 83.1 Å². The summed E-state index contributed by atoms with van der Waals surface area (Å²) in [6, 6.07) is 12.7. The Bertz CT molecular complexity index is 967. The molecule has 3 aromatic rings. The minimum absolute atomic E-state index is 0.147. The van der Waals surface area contributed by atoms with E-state index in [2.05, 4.69) is 15.8 Å². The van der Waals surface area contributed by atoms with Crippen LogP contribution in [0.1, 0.15) is 32.1 Å². The highest BCUT2D eigenvalue weighted by molar-refractivity contribution is 6.00. The number of aryl methyl sites for hydroxylation is 1. The Kier molecular flexibility index (Phi) is 4.79. The third-order valence-electron chi connectivity index (χ3n) is 3.96. The first-order valence-electron chi connectivity index (χ1n) is 7.94. The van der Waals surface area contributed by atoms with Gasteiger partial charge in [-0.05, 0) is 44.2 Å². The average molecular weight is 352 g/mol. The summed E-state index contributed by atoms with van der Waals surface area (Å²) in [6.07, 6.45) is 1.67. The first-order valence-corrected chi connectivity index (χ1v) is 7.94. The lowest BCUT2D eigenvalue weighted by atomic mass is 10.2. The molecule has 0 radical (unpaired) electrons. The molecule has 2 N–H and O–H groups in total. The van der Waals surface area contributed by atoms with E-state index in [9.17, 15) is 14.0 Å². The summed E-state index contributed by atoms with van der Waals surface area (Å²) in [5.74, 6) is -1.19. The van der Waals surface area contributed by atoms with Crippen molar-refractivity contribution in [2.24, 2.45) is 0 Å². The summed E-state index contributed by atoms with van der Waals surface area (Å²) >= 11 is 0. The number of amides is 2. The third-order valence-corrected chi connectivity index (χ3v) is 3.96. The quantitative estimate of drug-likeness (QED) is 0.712. The SMILES string of the molecule is Cc1cc(C(=O)NNC(=O)c2ccccc2F)c(C)n1-c1ccccn1. The molecule has 0 aliphatic heterocycles. The summed E-state index contributed by atoms with van der Waals surface area (Å²) in [5, 5.41) is 0. The minimum Gasteiger partial charge on any atom is -0.302 e. The van der Waals surface area contributed by atoms with Crippen molar-refractivity contribution in [3.8, 4) is 5.82 Å². The van der Waals surface area contributed by atoms with Crippen molar-refractivity contribution >= 4 is 11.8 Å². The number of pyridine rings is 1. The highest BCUT2D eigenvalue weighted by Crippen LogP contribution is 2.19. The Hall–Kier alpha value is -3.48. The van der Waals surface area contributed by atoms with E-state index >= 15 is 0 Å². The Labute approximate surface area is 149 Å². The van der Waals surface area contributed by atoms with Crippen molar-refractivity contribution in [2.75, 3.05) is 0 Å². The van der Waals surface area contributed by atoms with Crippen LogP contribution in [-0.4, -0.2) is 21.4 Å². The monoisotopic (exact) mass is 352 g/mol. The number of carbonyl (C=O) groups is 2. The van der Waals surface area contributed by atoms with Crippen LogP contribution in [0.4, 0.5) is 4.39 Å². The summed E-state index contributed by atoms with van der Waals surface area (Å²) < 4.78 is 15.5. The van der Waals surface area contributed by atoms with Gasteiger partial charge in [-0.1, -0.05) is 18.2 Å². The van der Waals surface area contributed by atoms with Crippen LogP contribution < -0.4 is 10.9 Å². The molecule has 2 heterocycles. The summed E-state index contributed by atoms with van der Waals surface area (Å²) in [5.41, 5.74) is 6.30. The number of hydrazine groups is 1. The minimum atomic E-state index is -0.727. The molecule has 0 atom stereocenters. The van der Waals surface area contributed by atoms with Crippen LogP contribution in [0.15, 0.2) is 54.7 Å². The fraction of sp³-hybridized carbons (Fsp3) is 0.105. The van der Waals surface area contributed by atoms with Gasteiger partial charge in [-0.25, -0.2) is 9.37 Å². The van der Waals surface area contributed by atoms with Crippen LogP contribution in [0.5, 0.6) is 0 Å². The Morgan fingerprint density at radius 2 is 1.62 bits per heavy atom. The van der Waals surface area contributed by atoms with Crippen molar-refractivity contribution in [1.29, 1.82) is 0 Å². The second-order valence-electron chi connectivity index (χ2n) is 5.70. The second kappa shape index (κ2) is 7.18. The summed E-state index contributed by atoms with van der Waals surface area (Å²) in [7, 11) is 0. The normalized spacial score (nSPS) is 10.4. The van der Waals surface area contributed by atoms with Gasteiger partial charge in [0.25, 0.3) is 11.8 Å². The van der Waals surface area contributed by atoms with Crippen LogP contribution in [-0.2, 0) is 0 Å². The van der Waals surface area contributed by atoms with Gasteiger partial charge < -0.3 is 4.57 Å². The molecule has 26 heavy (non-hydrogen) atoms. The van der Waals surface area contributed by atoms with E-state index in [1.165, 1.54) is 18.2 Å². The molecule has 0 spiro atoms. The zero-order valence-electron chi connectivity index (χ0n) is 14.3. The standard InChI is InChI=1S/C19H17FN4O2/c1-12-11-15(13(2)24(12)17-9-5-6-10-21-17)19(26)23-22-18(25)14-7-3-4-8-16(14)20/h3-11H,1-2H3,(H,22,25)(H,23,26). The molecule has 2 amide bonds. The molecule has 6 nitrogen and oxygen atoms in total. The smallest absolute Gasteiger partial charge is 0.272 e. The molecular formula is C19H17FN4O2. The lowest BCUT2D eigenvalue weighted by Crippen LogP contribution is -2.42. The van der Waals surface area contributed by atoms with Gasteiger partial charge in [0, 0.05) is 17.6 Å². The fourth-order valence-electron chi connectivity index (χ4n) is 2.72. The Balaban J connectivity index is 1.77. The third kappa shape index (κ3) is 3.32. The number of carbonyl (C=O) groups excluding carboxylic acids is 2. The largest absolute Gasteiger partial charge is 0.302 e. The second-order valence-corrected chi connectivity index (χ2v) is 5.70. The zero-order chi connectivity index (χ0) is 18.7. The van der Waals surface area contributed by atoms with Crippen molar-refractivity contribution < 1.29 is 14.0 Å². The molecule has 132 valence electrons. The molecule has 2 aromatic heterocycles. The molecule has 1 aromatic carbocycles. The van der Waals surface area contributed by atoms with Gasteiger partial charge in [0.15, 0.2) is 0 Å². The maximum absolute atomic E-state index is 13.6. The van der Waals surface area contributed by atoms with Crippen molar-refractivity contribution in [2.45, 2.75) is 13.8 Å². The van der Waals surface area contributed by atoms with E-state index < -0.39 is 17.6 Å². The van der Waals surface area contributed by atoms with E-state index in [4.69, 9.17) is 0 Å². The topological polar surface area (TPSA) is 76.0 Å². The van der Waals surface area contributed by atoms with Gasteiger partial charge in [-0.15, -0.1) is 0 Å². The fourth-order valence-corrected chi connectivity index (χ4v) is 2.72. The lowest BCUT2D eigenvalue weighted by molar-refractivity contribution is 0.0844. The molecule has 0 fully saturated rings. The number of halogens is 1. The predicted molar refractivity (Wildman–Crippen MR) is 94.4 cm³/mol. The maximum atomic E-state index is 13.6. The number of hydrogen-bond donors (Lipinski definition) is 2. The van der Waals surface area contributed by atoms with Crippen LogP contribution in [0, 0.1) is 19.7 Å². The highest BCUT2D eigenvalue weighted by atomic mass is 19.1. The number of benzene rings is 1. The first kappa shape index (κ1) is 17.3. The van der Waals surface area contributed by atoms with Gasteiger partial charge in [0.1, 0.15) is 11.6 Å². The van der Waals surface area contributed by atoms with Gasteiger partial charge in [-0.3, -0.25) is 20.4 Å². The average Bonchev–Trinajstić information content (AvgIpc) is 2.95. The highest BCUT2D eigenvalue weighted by Gasteiger charge is 2.18. The summed E-state index contributed by atoms with van der Waals surface area (Å²) in [4.78, 5) is 28.7. The van der Waals surface area contributed by atoms with Crippen molar-refractivity contribution in [3.63, 3.8) is 0 Å². The Morgan fingerprint density at radius 3 is 2.27 bits per heavy atom. The molecule has 0 unspecified atom stereocenters. The van der Waals surface area contributed by atoms with Gasteiger partial charge in [0.05, 0.1) is 11.1 Å². The van der Waals surface area contributed by atoms with E-state index in [0.29, 0.717) is 17.1 Å². The molecule has 0 saturated carbocycles. The molecule has 3 rings (SSSR count). The molecule has 0 aliphatic rings. The predicted octanol–water partition coefficient (Wildman–Crippen LogP) is 2.70. The van der Waals surface area contributed by atoms with E-state index in [0.717, 1.165) is 5.69 Å². The van der Waals surface area contributed by atoms with Crippen molar-refractivity contribution in [1.82, 2.24) is 20.4 Å². The summed E-state index contributed by atoms with van der Waals surface area (Å²) in [6.45, 7) is 3.64. The van der Waals surface area contributed by atoms with E-state index in [1.807, 2.05) is 29.7 Å². The zero-order valence-corrected chi connectivity index (χ0v) is 14.3. The molecule has 7 heteroatoms. The van der Waals surface area contributed by atoms with Crippen LogP contribution in [0.3, 0.4) is 0 Å². The number of nitrogens with zero attached hydrogens (tertiary/aromatic N) is 2. The first-order chi connectivity index (χ1) is 12.5. The number of nitrogens with one attached hydrogen (secondary N) is 2. The molecule has 0 bridgehead atoms. The van der Waals surface area contributed by atoms with E-state index in [-0.39, 0.29) is 5.56 Å². The van der Waals surface area contributed by atoms with Crippen LogP contribution >= 0.6 is 0 Å². The number of rotatable bonds is 3.